The van der Waals surface area contributed by atoms with Gasteiger partial charge < -0.3 is 5.32 Å². The number of aromatic nitrogens is 2. The van der Waals surface area contributed by atoms with Crippen molar-refractivity contribution in [3.8, 4) is 16.9 Å². The van der Waals surface area contributed by atoms with Crippen molar-refractivity contribution in [1.82, 2.24) is 9.78 Å². The number of benzene rings is 2. The summed E-state index contributed by atoms with van der Waals surface area (Å²) in [4.78, 5) is 0. The molecular formula is C21H20F3N3. The van der Waals surface area contributed by atoms with Crippen LogP contribution in [0.25, 0.3) is 16.9 Å². The topological polar surface area (TPSA) is 29.9 Å². The van der Waals surface area contributed by atoms with Crippen molar-refractivity contribution in [3.63, 3.8) is 0 Å². The monoisotopic (exact) mass is 371 g/mol. The zero-order chi connectivity index (χ0) is 19.0. The molecule has 3 nitrogen and oxygen atoms in total. The molecule has 1 N–H and O–H groups in total. The van der Waals surface area contributed by atoms with Crippen LogP contribution < -0.4 is 5.32 Å². The summed E-state index contributed by atoms with van der Waals surface area (Å²) in [5.74, 6) is 0.878. The van der Waals surface area contributed by atoms with Crippen LogP contribution in [0.3, 0.4) is 0 Å². The van der Waals surface area contributed by atoms with Crippen LogP contribution in [0.2, 0.25) is 0 Å². The van der Waals surface area contributed by atoms with Crippen molar-refractivity contribution < 1.29 is 13.2 Å². The molecule has 0 radical (unpaired) electrons. The molecule has 0 fully saturated rings. The molecule has 0 unspecified atom stereocenters. The number of alkyl halides is 3. The molecule has 0 saturated carbocycles. The van der Waals surface area contributed by atoms with E-state index in [4.69, 9.17) is 5.10 Å². The third-order valence-corrected chi connectivity index (χ3v) is 4.87. The van der Waals surface area contributed by atoms with Crippen molar-refractivity contribution >= 4 is 5.82 Å². The van der Waals surface area contributed by atoms with Crippen LogP contribution in [-0.2, 0) is 12.6 Å². The second-order valence-corrected chi connectivity index (χ2v) is 6.89. The van der Waals surface area contributed by atoms with E-state index in [2.05, 4.69) is 5.32 Å². The molecule has 1 aromatic heterocycles. The molecule has 6 heteroatoms. The Hall–Kier alpha value is -2.76. The normalized spacial score (nSPS) is 14.4. The Morgan fingerprint density at radius 3 is 2.56 bits per heavy atom. The number of anilines is 1. The molecule has 0 atom stereocenters. The van der Waals surface area contributed by atoms with Gasteiger partial charge in [0.1, 0.15) is 5.82 Å². The number of aryl methyl sites for hydroxylation is 1. The molecular weight excluding hydrogens is 351 g/mol. The second-order valence-electron chi connectivity index (χ2n) is 6.89. The third-order valence-electron chi connectivity index (χ3n) is 4.87. The lowest BCUT2D eigenvalue weighted by molar-refractivity contribution is -0.137. The lowest BCUT2D eigenvalue weighted by Gasteiger charge is -2.09. The van der Waals surface area contributed by atoms with Crippen molar-refractivity contribution in [2.75, 3.05) is 11.9 Å². The molecule has 1 aliphatic heterocycles. The average molecular weight is 371 g/mol. The number of nitrogens with zero attached hydrogens (tertiary/aromatic N) is 2. The first-order valence-corrected chi connectivity index (χ1v) is 9.04. The van der Waals surface area contributed by atoms with Gasteiger partial charge in [-0.05, 0) is 50.5 Å². The SMILES string of the molecule is Cc1ccc(-n2nc(-c3cccc(C(F)(F)F)c3)c3c2NCCCC3)cc1. The quantitative estimate of drug-likeness (QED) is 0.634. The zero-order valence-corrected chi connectivity index (χ0v) is 15.0. The summed E-state index contributed by atoms with van der Waals surface area (Å²) in [6.45, 7) is 2.84. The van der Waals surface area contributed by atoms with Crippen LogP contribution in [0.5, 0.6) is 0 Å². The first-order valence-electron chi connectivity index (χ1n) is 9.04. The Bertz CT molecular complexity index is 956. The smallest absolute Gasteiger partial charge is 0.370 e. The van der Waals surface area contributed by atoms with Gasteiger partial charge in [0, 0.05) is 17.7 Å². The van der Waals surface area contributed by atoms with Crippen LogP contribution in [-0.4, -0.2) is 16.3 Å². The van der Waals surface area contributed by atoms with E-state index in [9.17, 15) is 13.2 Å². The maximum atomic E-state index is 13.2. The molecule has 0 spiro atoms. The lowest BCUT2D eigenvalue weighted by atomic mass is 10.0. The van der Waals surface area contributed by atoms with Crippen LogP contribution in [0.1, 0.15) is 29.5 Å². The fraction of sp³-hybridized carbons (Fsp3) is 0.286. The minimum atomic E-state index is -4.37. The first kappa shape index (κ1) is 17.6. The molecule has 27 heavy (non-hydrogen) atoms. The zero-order valence-electron chi connectivity index (χ0n) is 15.0. The van der Waals surface area contributed by atoms with Crippen LogP contribution in [0, 0.1) is 6.92 Å². The molecule has 2 heterocycles. The van der Waals surface area contributed by atoms with E-state index in [1.807, 2.05) is 35.9 Å². The Labute approximate surface area is 155 Å². The van der Waals surface area contributed by atoms with Gasteiger partial charge in [0.25, 0.3) is 0 Å². The van der Waals surface area contributed by atoms with Gasteiger partial charge in [-0.1, -0.05) is 29.8 Å². The maximum Gasteiger partial charge on any atom is 0.416 e. The van der Waals surface area contributed by atoms with Gasteiger partial charge in [-0.2, -0.15) is 18.3 Å². The van der Waals surface area contributed by atoms with Gasteiger partial charge in [0.05, 0.1) is 16.9 Å². The number of hydrogen-bond acceptors (Lipinski definition) is 2. The Balaban J connectivity index is 1.88. The minimum Gasteiger partial charge on any atom is -0.370 e. The third kappa shape index (κ3) is 3.44. The number of fused-ring (bicyclic) bond motifs is 1. The van der Waals surface area contributed by atoms with E-state index in [0.29, 0.717) is 11.3 Å². The molecule has 0 aliphatic carbocycles. The summed E-state index contributed by atoms with van der Waals surface area (Å²) in [6.07, 6.45) is -1.58. The van der Waals surface area contributed by atoms with Gasteiger partial charge in [-0.3, -0.25) is 0 Å². The summed E-state index contributed by atoms with van der Waals surface area (Å²) in [6, 6.07) is 13.4. The molecule has 3 aromatic rings. The largest absolute Gasteiger partial charge is 0.416 e. The number of rotatable bonds is 2. The number of hydrogen-bond donors (Lipinski definition) is 1. The predicted molar refractivity (Wildman–Crippen MR) is 100 cm³/mol. The number of halogens is 3. The summed E-state index contributed by atoms with van der Waals surface area (Å²) in [5, 5.41) is 8.13. The van der Waals surface area contributed by atoms with Gasteiger partial charge in [0.15, 0.2) is 0 Å². The van der Waals surface area contributed by atoms with Gasteiger partial charge >= 0.3 is 6.18 Å². The first-order chi connectivity index (χ1) is 12.9. The van der Waals surface area contributed by atoms with E-state index in [0.717, 1.165) is 54.5 Å². The van der Waals surface area contributed by atoms with Crippen LogP contribution >= 0.6 is 0 Å². The van der Waals surface area contributed by atoms with E-state index < -0.39 is 11.7 Å². The molecule has 0 amide bonds. The molecule has 0 saturated heterocycles. The highest BCUT2D eigenvalue weighted by molar-refractivity contribution is 5.72. The summed E-state index contributed by atoms with van der Waals surface area (Å²) >= 11 is 0. The Morgan fingerprint density at radius 1 is 1.04 bits per heavy atom. The lowest BCUT2D eigenvalue weighted by Crippen LogP contribution is -2.07. The molecule has 2 aromatic carbocycles. The summed E-state index contributed by atoms with van der Waals surface area (Å²) < 4.78 is 41.3. The van der Waals surface area contributed by atoms with E-state index in [1.165, 1.54) is 12.1 Å². The fourth-order valence-corrected chi connectivity index (χ4v) is 3.45. The fourth-order valence-electron chi connectivity index (χ4n) is 3.45. The Kier molecular flexibility index (Phi) is 4.42. The molecule has 4 rings (SSSR count). The highest BCUT2D eigenvalue weighted by Gasteiger charge is 2.31. The average Bonchev–Trinajstić information content (AvgIpc) is 2.83. The number of nitrogens with one attached hydrogen (secondary N) is 1. The van der Waals surface area contributed by atoms with Crippen molar-refractivity contribution in [1.29, 1.82) is 0 Å². The molecule has 0 bridgehead atoms. The van der Waals surface area contributed by atoms with Gasteiger partial charge in [0.2, 0.25) is 0 Å². The highest BCUT2D eigenvalue weighted by atomic mass is 19.4. The van der Waals surface area contributed by atoms with Gasteiger partial charge in [-0.25, -0.2) is 4.68 Å². The second kappa shape index (κ2) is 6.76. The van der Waals surface area contributed by atoms with Crippen molar-refractivity contribution in [3.05, 3.63) is 65.2 Å². The molecule has 140 valence electrons. The van der Waals surface area contributed by atoms with Crippen LogP contribution in [0.15, 0.2) is 48.5 Å². The molecule has 1 aliphatic rings. The highest BCUT2D eigenvalue weighted by Crippen LogP contribution is 2.36. The summed E-state index contributed by atoms with van der Waals surface area (Å²) in [5.41, 5.74) is 3.47. The van der Waals surface area contributed by atoms with E-state index in [-0.39, 0.29) is 0 Å². The van der Waals surface area contributed by atoms with Crippen molar-refractivity contribution in [2.24, 2.45) is 0 Å². The minimum absolute atomic E-state index is 0.496. The van der Waals surface area contributed by atoms with E-state index >= 15 is 0 Å². The standard InChI is InChI=1S/C21H20F3N3/c1-14-8-10-17(11-9-14)27-20-18(7-2-3-12-25-20)19(26-27)15-5-4-6-16(13-15)21(22,23)24/h4-6,8-11,13,25H,2-3,7,12H2,1H3. The Morgan fingerprint density at radius 2 is 1.81 bits per heavy atom. The summed E-state index contributed by atoms with van der Waals surface area (Å²) in [7, 11) is 0. The van der Waals surface area contributed by atoms with Gasteiger partial charge in [-0.15, -0.1) is 0 Å². The van der Waals surface area contributed by atoms with Crippen LogP contribution in [0.4, 0.5) is 19.0 Å². The van der Waals surface area contributed by atoms with Crippen molar-refractivity contribution in [2.45, 2.75) is 32.4 Å². The van der Waals surface area contributed by atoms with E-state index in [1.54, 1.807) is 6.07 Å². The predicted octanol–water partition coefficient (Wildman–Crippen LogP) is 5.61. The maximum absolute atomic E-state index is 13.2.